The van der Waals surface area contributed by atoms with Crippen molar-refractivity contribution in [3.8, 4) is 0 Å². The molecule has 1 aromatic carbocycles. The summed E-state index contributed by atoms with van der Waals surface area (Å²) in [6, 6.07) is 7.91. The lowest BCUT2D eigenvalue weighted by Gasteiger charge is -2.51. The van der Waals surface area contributed by atoms with Crippen molar-refractivity contribution in [1.29, 1.82) is 0 Å². The maximum atomic E-state index is 12.9. The van der Waals surface area contributed by atoms with Crippen LogP contribution in [0.15, 0.2) is 24.3 Å². The summed E-state index contributed by atoms with van der Waals surface area (Å²) in [6.07, 6.45) is 2.06. The molecule has 0 aliphatic carbocycles. The van der Waals surface area contributed by atoms with Crippen LogP contribution in [-0.4, -0.2) is 34.5 Å². The van der Waals surface area contributed by atoms with Gasteiger partial charge in [-0.25, -0.2) is 0 Å². The van der Waals surface area contributed by atoms with Gasteiger partial charge in [0.05, 0.1) is 5.56 Å². The second kappa shape index (κ2) is 5.32. The molecule has 2 aliphatic rings. The molecule has 0 bridgehead atoms. The third-order valence-electron chi connectivity index (χ3n) is 4.15. The number of nitrogens with one attached hydrogen (secondary N) is 1. The topological polar surface area (TPSA) is 32.3 Å². The molecule has 1 fully saturated rings. The van der Waals surface area contributed by atoms with Crippen molar-refractivity contribution in [2.24, 2.45) is 5.92 Å². The van der Waals surface area contributed by atoms with Crippen molar-refractivity contribution in [3.63, 3.8) is 0 Å². The largest absolute Gasteiger partial charge is 0.362 e. The number of hydrogen-bond acceptors (Lipinski definition) is 3. The molecule has 1 amide bonds. The molecule has 2 aliphatic heterocycles. The number of thioether (sulfide) groups is 1. The minimum absolute atomic E-state index is 0.166. The van der Waals surface area contributed by atoms with E-state index in [1.165, 1.54) is 0 Å². The first kappa shape index (κ1) is 13.8. The molecule has 0 atom stereocenters. The van der Waals surface area contributed by atoms with Crippen LogP contribution in [0.3, 0.4) is 0 Å². The Morgan fingerprint density at radius 2 is 2.00 bits per heavy atom. The number of nitrogens with zero attached hydrogens (tertiary/aromatic N) is 1. The number of fused-ring (bicyclic) bond motifs is 1. The second-order valence-electron chi connectivity index (χ2n) is 6.12. The van der Waals surface area contributed by atoms with E-state index in [-0.39, 0.29) is 11.6 Å². The van der Waals surface area contributed by atoms with Gasteiger partial charge in [0.25, 0.3) is 5.91 Å². The molecule has 20 heavy (non-hydrogen) atoms. The number of amides is 1. The van der Waals surface area contributed by atoms with E-state index in [9.17, 15) is 4.79 Å². The van der Waals surface area contributed by atoms with Gasteiger partial charge in [-0.2, -0.15) is 11.8 Å². The van der Waals surface area contributed by atoms with Crippen molar-refractivity contribution in [2.45, 2.75) is 32.4 Å². The molecule has 1 aromatic rings. The molecular weight excluding hydrogens is 268 g/mol. The molecule has 1 saturated heterocycles. The number of hydrogen-bond donors (Lipinski definition) is 1. The maximum absolute atomic E-state index is 12.9. The number of anilines is 1. The smallest absolute Gasteiger partial charge is 0.257 e. The van der Waals surface area contributed by atoms with E-state index in [0.29, 0.717) is 5.92 Å². The Bertz CT molecular complexity index is 509. The third kappa shape index (κ3) is 2.30. The second-order valence-corrected chi connectivity index (χ2v) is 7.35. The number of rotatable bonds is 2. The van der Waals surface area contributed by atoms with E-state index in [4.69, 9.17) is 0 Å². The SMILES string of the molecule is CC(C)CN1C(=O)c2ccccc2NC12CCSCC2. The summed E-state index contributed by atoms with van der Waals surface area (Å²) >= 11 is 1.99. The van der Waals surface area contributed by atoms with Crippen LogP contribution in [0, 0.1) is 5.92 Å². The van der Waals surface area contributed by atoms with Crippen molar-refractivity contribution in [2.75, 3.05) is 23.4 Å². The summed E-state index contributed by atoms with van der Waals surface area (Å²) in [5, 5.41) is 3.69. The fourth-order valence-electron chi connectivity index (χ4n) is 3.16. The molecule has 0 aromatic heterocycles. The Morgan fingerprint density at radius 1 is 1.30 bits per heavy atom. The van der Waals surface area contributed by atoms with Crippen molar-refractivity contribution in [1.82, 2.24) is 4.90 Å². The zero-order chi connectivity index (χ0) is 14.2. The average Bonchev–Trinajstić information content (AvgIpc) is 2.44. The van der Waals surface area contributed by atoms with Gasteiger partial charge in [-0.3, -0.25) is 4.79 Å². The highest BCUT2D eigenvalue weighted by Gasteiger charge is 2.45. The summed E-state index contributed by atoms with van der Waals surface area (Å²) < 4.78 is 0. The fourth-order valence-corrected chi connectivity index (χ4v) is 4.33. The molecule has 3 nitrogen and oxygen atoms in total. The molecule has 108 valence electrons. The van der Waals surface area contributed by atoms with E-state index in [1.54, 1.807) is 0 Å². The van der Waals surface area contributed by atoms with E-state index < -0.39 is 0 Å². The Morgan fingerprint density at radius 3 is 2.70 bits per heavy atom. The van der Waals surface area contributed by atoms with E-state index in [1.807, 2.05) is 36.0 Å². The van der Waals surface area contributed by atoms with Crippen LogP contribution in [0.4, 0.5) is 5.69 Å². The Kier molecular flexibility index (Phi) is 3.67. The van der Waals surface area contributed by atoms with Crippen molar-refractivity contribution < 1.29 is 4.79 Å². The van der Waals surface area contributed by atoms with Crippen LogP contribution >= 0.6 is 11.8 Å². The van der Waals surface area contributed by atoms with Crippen LogP contribution in [0.25, 0.3) is 0 Å². The monoisotopic (exact) mass is 290 g/mol. The lowest BCUT2D eigenvalue weighted by atomic mass is 9.93. The molecule has 1 N–H and O–H groups in total. The van der Waals surface area contributed by atoms with Crippen LogP contribution in [0.1, 0.15) is 37.0 Å². The predicted molar refractivity (Wildman–Crippen MR) is 85.2 cm³/mol. The predicted octanol–water partition coefficient (Wildman–Crippen LogP) is 3.43. The van der Waals surface area contributed by atoms with Gasteiger partial charge in [0, 0.05) is 12.2 Å². The van der Waals surface area contributed by atoms with Gasteiger partial charge in [0.1, 0.15) is 5.66 Å². The zero-order valence-electron chi connectivity index (χ0n) is 12.2. The molecule has 4 heteroatoms. The lowest BCUT2D eigenvalue weighted by molar-refractivity contribution is 0.0440. The van der Waals surface area contributed by atoms with E-state index in [0.717, 1.165) is 42.1 Å². The first-order valence-electron chi connectivity index (χ1n) is 7.39. The van der Waals surface area contributed by atoms with Crippen molar-refractivity contribution >= 4 is 23.4 Å². The number of para-hydroxylation sites is 1. The normalized spacial score (nSPS) is 20.9. The average molecular weight is 290 g/mol. The first-order chi connectivity index (χ1) is 9.62. The quantitative estimate of drug-likeness (QED) is 0.905. The van der Waals surface area contributed by atoms with Gasteiger partial charge in [-0.05, 0) is 42.4 Å². The van der Waals surface area contributed by atoms with E-state index in [2.05, 4.69) is 24.1 Å². The van der Waals surface area contributed by atoms with Gasteiger partial charge in [-0.15, -0.1) is 0 Å². The van der Waals surface area contributed by atoms with Crippen LogP contribution in [0.2, 0.25) is 0 Å². The zero-order valence-corrected chi connectivity index (χ0v) is 13.0. The summed E-state index contributed by atoms with van der Waals surface area (Å²) in [5.74, 6) is 2.92. The number of carbonyl (C=O) groups excluding carboxylic acids is 1. The summed E-state index contributed by atoms with van der Waals surface area (Å²) in [5.41, 5.74) is 1.66. The molecule has 0 saturated carbocycles. The number of benzene rings is 1. The standard InChI is InChI=1S/C16H22N2OS/c1-12(2)11-18-15(19)13-5-3-4-6-14(13)17-16(18)7-9-20-10-8-16/h3-6,12,17H,7-11H2,1-2H3. The van der Waals surface area contributed by atoms with Crippen LogP contribution in [0.5, 0.6) is 0 Å². The molecular formula is C16H22N2OS. The highest BCUT2D eigenvalue weighted by atomic mass is 32.2. The van der Waals surface area contributed by atoms with Gasteiger partial charge in [-0.1, -0.05) is 26.0 Å². The van der Waals surface area contributed by atoms with Crippen LogP contribution in [-0.2, 0) is 0 Å². The molecule has 0 unspecified atom stereocenters. The van der Waals surface area contributed by atoms with E-state index >= 15 is 0 Å². The molecule has 3 rings (SSSR count). The van der Waals surface area contributed by atoms with Gasteiger partial charge < -0.3 is 10.2 Å². The minimum atomic E-state index is -0.166. The highest BCUT2D eigenvalue weighted by Crippen LogP contribution is 2.39. The highest BCUT2D eigenvalue weighted by molar-refractivity contribution is 7.99. The third-order valence-corrected chi connectivity index (χ3v) is 5.14. The van der Waals surface area contributed by atoms with Gasteiger partial charge in [0.15, 0.2) is 0 Å². The molecule has 1 spiro atoms. The Hall–Kier alpha value is -1.16. The maximum Gasteiger partial charge on any atom is 0.257 e. The molecule has 0 radical (unpaired) electrons. The summed E-state index contributed by atoms with van der Waals surface area (Å²) in [6.45, 7) is 5.18. The van der Waals surface area contributed by atoms with Gasteiger partial charge >= 0.3 is 0 Å². The van der Waals surface area contributed by atoms with Crippen LogP contribution < -0.4 is 5.32 Å². The first-order valence-corrected chi connectivity index (χ1v) is 8.55. The Balaban J connectivity index is 2.01. The Labute approximate surface area is 125 Å². The molecule has 2 heterocycles. The minimum Gasteiger partial charge on any atom is -0.362 e. The lowest BCUT2D eigenvalue weighted by Crippen LogP contribution is -2.62. The fraction of sp³-hybridized carbons (Fsp3) is 0.562. The number of carbonyl (C=O) groups is 1. The summed E-state index contributed by atoms with van der Waals surface area (Å²) in [4.78, 5) is 15.0. The van der Waals surface area contributed by atoms with Crippen molar-refractivity contribution in [3.05, 3.63) is 29.8 Å². The van der Waals surface area contributed by atoms with Gasteiger partial charge in [0.2, 0.25) is 0 Å². The summed E-state index contributed by atoms with van der Waals surface area (Å²) in [7, 11) is 0.